The molecule has 0 spiro atoms. The third-order valence-corrected chi connectivity index (χ3v) is 4.27. The first-order valence-electron chi connectivity index (χ1n) is 6.26. The second-order valence-electron chi connectivity index (χ2n) is 4.48. The molecule has 1 aliphatic heterocycles. The molecule has 96 valence electrons. The molecule has 3 rings (SSSR count). The summed E-state index contributed by atoms with van der Waals surface area (Å²) >= 11 is 1.78. The van der Waals surface area contributed by atoms with Crippen molar-refractivity contribution in [1.29, 1.82) is 0 Å². The lowest BCUT2D eigenvalue weighted by molar-refractivity contribution is 0.966. The molecule has 0 saturated heterocycles. The molecule has 1 atom stereocenters. The second kappa shape index (κ2) is 5.45. The number of rotatable bonds is 2. The summed E-state index contributed by atoms with van der Waals surface area (Å²) in [6.45, 7) is 2.90. The molecule has 2 heterocycles. The lowest BCUT2D eigenvalue weighted by atomic mass is 10.1. The number of nitrogens with zero attached hydrogens (tertiary/aromatic N) is 2. The summed E-state index contributed by atoms with van der Waals surface area (Å²) in [5.41, 5.74) is 3.54. The molecule has 0 bridgehead atoms. The number of hydrogen-bond acceptors (Lipinski definition) is 4. The van der Waals surface area contributed by atoms with Gasteiger partial charge in [-0.25, -0.2) is 0 Å². The Labute approximate surface area is 117 Å². The number of hydrogen-bond donors (Lipinski definition) is 1. The van der Waals surface area contributed by atoms with Gasteiger partial charge in [-0.1, -0.05) is 42.1 Å². The zero-order valence-corrected chi connectivity index (χ0v) is 11.5. The lowest BCUT2D eigenvalue weighted by Gasteiger charge is -2.10. The normalized spacial score (nSPS) is 18.2. The summed E-state index contributed by atoms with van der Waals surface area (Å²) in [6.07, 6.45) is 3.64. The Hall–Kier alpha value is -1.81. The van der Waals surface area contributed by atoms with Crippen molar-refractivity contribution < 1.29 is 0 Å². The van der Waals surface area contributed by atoms with Crippen LogP contribution in [0.1, 0.15) is 16.4 Å². The fraction of sp³-hybridized carbons (Fsp3) is 0.200. The summed E-state index contributed by atoms with van der Waals surface area (Å²) in [7, 11) is 0. The van der Waals surface area contributed by atoms with Crippen LogP contribution in [0.5, 0.6) is 0 Å². The molecule has 1 aromatic carbocycles. The SMILES string of the molecule is Cc1ccncc1NC1=NCC(c2ccccc2)S1. The molecule has 4 heteroatoms. The van der Waals surface area contributed by atoms with Crippen molar-refractivity contribution >= 4 is 22.6 Å². The molecule has 1 aliphatic rings. The molecule has 1 aromatic heterocycles. The van der Waals surface area contributed by atoms with Crippen LogP contribution in [0.2, 0.25) is 0 Å². The smallest absolute Gasteiger partial charge is 0.161 e. The average Bonchev–Trinajstić information content (AvgIpc) is 2.91. The molecular formula is C15H15N3S. The topological polar surface area (TPSA) is 37.3 Å². The van der Waals surface area contributed by atoms with Gasteiger partial charge in [0.15, 0.2) is 5.17 Å². The molecular weight excluding hydrogens is 254 g/mol. The molecule has 0 aliphatic carbocycles. The van der Waals surface area contributed by atoms with E-state index in [1.54, 1.807) is 18.0 Å². The van der Waals surface area contributed by atoms with E-state index in [1.165, 1.54) is 11.1 Å². The Balaban J connectivity index is 1.68. The number of thioether (sulfide) groups is 1. The first kappa shape index (κ1) is 12.2. The summed E-state index contributed by atoms with van der Waals surface area (Å²) in [5, 5.41) is 4.75. The molecule has 2 aromatic rings. The van der Waals surface area contributed by atoms with Crippen molar-refractivity contribution in [2.24, 2.45) is 4.99 Å². The molecule has 0 radical (unpaired) electrons. The minimum atomic E-state index is 0.417. The first-order chi connectivity index (χ1) is 9.33. The van der Waals surface area contributed by atoms with Gasteiger partial charge in [0, 0.05) is 6.20 Å². The van der Waals surface area contributed by atoms with Gasteiger partial charge in [-0.3, -0.25) is 9.98 Å². The van der Waals surface area contributed by atoms with Gasteiger partial charge in [-0.2, -0.15) is 0 Å². The summed E-state index contributed by atoms with van der Waals surface area (Å²) in [5.74, 6) is 0. The van der Waals surface area contributed by atoms with Crippen molar-refractivity contribution in [2.75, 3.05) is 11.9 Å². The zero-order chi connectivity index (χ0) is 13.1. The number of aliphatic imine (C=N–C) groups is 1. The van der Waals surface area contributed by atoms with Crippen LogP contribution < -0.4 is 5.32 Å². The van der Waals surface area contributed by atoms with Gasteiger partial charge in [0.2, 0.25) is 0 Å². The van der Waals surface area contributed by atoms with Crippen LogP contribution in [-0.4, -0.2) is 16.7 Å². The van der Waals surface area contributed by atoms with E-state index in [0.29, 0.717) is 5.25 Å². The number of aromatic nitrogens is 1. The number of pyridine rings is 1. The van der Waals surface area contributed by atoms with Crippen LogP contribution in [0.15, 0.2) is 53.8 Å². The van der Waals surface area contributed by atoms with Crippen molar-refractivity contribution in [3.05, 3.63) is 59.9 Å². The van der Waals surface area contributed by atoms with Crippen LogP contribution in [0.3, 0.4) is 0 Å². The van der Waals surface area contributed by atoms with E-state index < -0.39 is 0 Å². The van der Waals surface area contributed by atoms with E-state index in [0.717, 1.165) is 17.4 Å². The largest absolute Gasteiger partial charge is 0.333 e. The number of aryl methyl sites for hydroxylation is 1. The van der Waals surface area contributed by atoms with Gasteiger partial charge in [-0.05, 0) is 24.1 Å². The van der Waals surface area contributed by atoms with E-state index in [1.807, 2.05) is 18.3 Å². The fourth-order valence-electron chi connectivity index (χ4n) is 2.00. The Morgan fingerprint density at radius 1 is 1.21 bits per heavy atom. The van der Waals surface area contributed by atoms with Gasteiger partial charge >= 0.3 is 0 Å². The summed E-state index contributed by atoms with van der Waals surface area (Å²) in [4.78, 5) is 8.71. The maximum atomic E-state index is 4.57. The average molecular weight is 269 g/mol. The molecule has 0 saturated carbocycles. The van der Waals surface area contributed by atoms with Crippen LogP contribution >= 0.6 is 11.8 Å². The van der Waals surface area contributed by atoms with Crippen LogP contribution in [0, 0.1) is 6.92 Å². The number of benzene rings is 1. The molecule has 1 unspecified atom stereocenters. The number of amidine groups is 1. The molecule has 1 N–H and O–H groups in total. The minimum Gasteiger partial charge on any atom is -0.333 e. The van der Waals surface area contributed by atoms with Crippen molar-refractivity contribution in [3.63, 3.8) is 0 Å². The van der Waals surface area contributed by atoms with E-state index in [2.05, 4.69) is 46.5 Å². The van der Waals surface area contributed by atoms with Crippen molar-refractivity contribution in [3.8, 4) is 0 Å². The Bertz CT molecular complexity index is 595. The Morgan fingerprint density at radius 2 is 2.05 bits per heavy atom. The third kappa shape index (κ3) is 2.79. The molecule has 0 amide bonds. The monoisotopic (exact) mass is 269 g/mol. The maximum Gasteiger partial charge on any atom is 0.161 e. The third-order valence-electron chi connectivity index (χ3n) is 3.11. The standard InChI is InChI=1S/C15H15N3S/c1-11-7-8-16-9-13(11)18-15-17-10-14(19-15)12-5-3-2-4-6-12/h2-9,14H,10H2,1H3,(H,17,18). The van der Waals surface area contributed by atoms with E-state index in [-0.39, 0.29) is 0 Å². The molecule has 0 fully saturated rings. The molecule has 19 heavy (non-hydrogen) atoms. The predicted molar refractivity (Wildman–Crippen MR) is 81.7 cm³/mol. The maximum absolute atomic E-state index is 4.57. The highest BCUT2D eigenvalue weighted by Gasteiger charge is 2.21. The Morgan fingerprint density at radius 3 is 2.84 bits per heavy atom. The van der Waals surface area contributed by atoms with E-state index in [9.17, 15) is 0 Å². The van der Waals surface area contributed by atoms with E-state index in [4.69, 9.17) is 0 Å². The number of anilines is 1. The molecule has 3 nitrogen and oxygen atoms in total. The predicted octanol–water partition coefficient (Wildman–Crippen LogP) is 3.65. The number of nitrogens with one attached hydrogen (secondary N) is 1. The van der Waals surface area contributed by atoms with Gasteiger partial charge in [0.05, 0.1) is 23.7 Å². The zero-order valence-electron chi connectivity index (χ0n) is 10.7. The summed E-state index contributed by atoms with van der Waals surface area (Å²) in [6, 6.07) is 12.5. The van der Waals surface area contributed by atoms with Gasteiger partial charge < -0.3 is 5.32 Å². The highest BCUT2D eigenvalue weighted by Crippen LogP contribution is 2.35. The lowest BCUT2D eigenvalue weighted by Crippen LogP contribution is -2.06. The first-order valence-corrected chi connectivity index (χ1v) is 7.14. The van der Waals surface area contributed by atoms with Gasteiger partial charge in [0.1, 0.15) is 0 Å². The Kier molecular flexibility index (Phi) is 3.51. The van der Waals surface area contributed by atoms with Gasteiger partial charge in [-0.15, -0.1) is 0 Å². The van der Waals surface area contributed by atoms with Crippen molar-refractivity contribution in [2.45, 2.75) is 12.2 Å². The van der Waals surface area contributed by atoms with Crippen LogP contribution in [0.4, 0.5) is 5.69 Å². The fourth-order valence-corrected chi connectivity index (χ4v) is 3.03. The minimum absolute atomic E-state index is 0.417. The van der Waals surface area contributed by atoms with Gasteiger partial charge in [0.25, 0.3) is 0 Å². The van der Waals surface area contributed by atoms with Crippen molar-refractivity contribution in [1.82, 2.24) is 4.98 Å². The quantitative estimate of drug-likeness (QED) is 0.904. The highest BCUT2D eigenvalue weighted by atomic mass is 32.2. The van der Waals surface area contributed by atoms with E-state index >= 15 is 0 Å². The summed E-state index contributed by atoms with van der Waals surface area (Å²) < 4.78 is 0. The second-order valence-corrected chi connectivity index (χ2v) is 5.67. The highest BCUT2D eigenvalue weighted by molar-refractivity contribution is 8.14. The van der Waals surface area contributed by atoms with Crippen LogP contribution in [0.25, 0.3) is 0 Å². The van der Waals surface area contributed by atoms with Crippen LogP contribution in [-0.2, 0) is 0 Å².